The van der Waals surface area contributed by atoms with Crippen molar-refractivity contribution in [1.82, 2.24) is 9.62 Å². The van der Waals surface area contributed by atoms with Crippen molar-refractivity contribution in [3.8, 4) is 0 Å². The van der Waals surface area contributed by atoms with E-state index in [1.807, 2.05) is 6.92 Å². The molecule has 3 heterocycles. The van der Waals surface area contributed by atoms with Crippen LogP contribution in [0.15, 0.2) is 9.31 Å². The molecule has 0 spiro atoms. The summed E-state index contributed by atoms with van der Waals surface area (Å²) in [4.78, 5) is 0.329. The van der Waals surface area contributed by atoms with Crippen molar-refractivity contribution in [3.63, 3.8) is 0 Å². The minimum Gasteiger partial charge on any atom is -0.465 e. The molecule has 0 saturated carbocycles. The van der Waals surface area contributed by atoms with Crippen LogP contribution in [0, 0.1) is 13.8 Å². The minimum atomic E-state index is -3.53. The summed E-state index contributed by atoms with van der Waals surface area (Å²) >= 11 is 0. The Morgan fingerprint density at radius 3 is 2.38 bits per heavy atom. The van der Waals surface area contributed by atoms with Crippen LogP contribution in [-0.2, 0) is 21.3 Å². The molecule has 21 heavy (non-hydrogen) atoms. The molecule has 3 rings (SSSR count). The van der Waals surface area contributed by atoms with E-state index < -0.39 is 10.0 Å². The first-order valence-electron chi connectivity index (χ1n) is 7.32. The molecule has 118 valence electrons. The summed E-state index contributed by atoms with van der Waals surface area (Å²) in [7, 11) is -1.73. The van der Waals surface area contributed by atoms with Gasteiger partial charge in [0.05, 0.1) is 12.2 Å². The average molecular weight is 314 g/mol. The quantitative estimate of drug-likeness (QED) is 0.903. The first-order chi connectivity index (χ1) is 9.93. The highest BCUT2D eigenvalue weighted by Crippen LogP contribution is 2.34. The van der Waals surface area contributed by atoms with Crippen LogP contribution in [0.5, 0.6) is 0 Å². The first-order valence-corrected chi connectivity index (χ1v) is 8.76. The molecule has 2 atom stereocenters. The molecule has 7 heteroatoms. The molecular formula is C14H22N2O4S. The molecule has 2 unspecified atom stereocenters. The number of hydrogen-bond acceptors (Lipinski definition) is 5. The van der Waals surface area contributed by atoms with Crippen LogP contribution in [0.1, 0.15) is 29.9 Å². The van der Waals surface area contributed by atoms with E-state index in [0.29, 0.717) is 36.1 Å². The third-order valence-electron chi connectivity index (χ3n) is 4.29. The van der Waals surface area contributed by atoms with Gasteiger partial charge < -0.3 is 14.5 Å². The van der Waals surface area contributed by atoms with E-state index in [0.717, 1.165) is 18.4 Å². The summed E-state index contributed by atoms with van der Waals surface area (Å²) in [5, 5.41) is 3.02. The lowest BCUT2D eigenvalue weighted by Gasteiger charge is -2.31. The summed E-state index contributed by atoms with van der Waals surface area (Å²) in [6, 6.07) is 0. The van der Waals surface area contributed by atoms with Crippen molar-refractivity contribution in [2.45, 2.75) is 50.3 Å². The van der Waals surface area contributed by atoms with Crippen LogP contribution in [0.25, 0.3) is 0 Å². The molecule has 0 amide bonds. The predicted octanol–water partition coefficient (Wildman–Crippen LogP) is 1.17. The lowest BCUT2D eigenvalue weighted by molar-refractivity contribution is -0.0115. The van der Waals surface area contributed by atoms with Gasteiger partial charge in [-0.2, -0.15) is 4.31 Å². The SMILES string of the molecule is CNCc1c(C)oc(C)c1S(=O)(=O)N1CC2CCC(C1)O2. The van der Waals surface area contributed by atoms with E-state index in [1.165, 1.54) is 0 Å². The van der Waals surface area contributed by atoms with Crippen LogP contribution in [0.2, 0.25) is 0 Å². The first kappa shape index (κ1) is 15.0. The summed E-state index contributed by atoms with van der Waals surface area (Å²) in [6.07, 6.45) is 1.98. The standard InChI is InChI=1S/C14H22N2O4S/c1-9-13(6-15-3)14(10(2)19-9)21(17,18)16-7-11-4-5-12(8-16)20-11/h11-12,15H,4-8H2,1-3H3. The maximum Gasteiger partial charge on any atom is 0.247 e. The van der Waals surface area contributed by atoms with E-state index in [-0.39, 0.29) is 12.2 Å². The molecule has 0 aliphatic carbocycles. The third-order valence-corrected chi connectivity index (χ3v) is 6.31. The van der Waals surface area contributed by atoms with E-state index >= 15 is 0 Å². The Hall–Kier alpha value is -0.890. The number of nitrogens with one attached hydrogen (secondary N) is 1. The molecule has 2 bridgehead atoms. The van der Waals surface area contributed by atoms with Crippen LogP contribution in [0.3, 0.4) is 0 Å². The number of nitrogens with zero attached hydrogens (tertiary/aromatic N) is 1. The van der Waals surface area contributed by atoms with Gasteiger partial charge in [0.2, 0.25) is 10.0 Å². The Morgan fingerprint density at radius 1 is 1.19 bits per heavy atom. The molecule has 1 N–H and O–H groups in total. The second-order valence-electron chi connectivity index (χ2n) is 5.83. The Kier molecular flexibility index (Phi) is 3.85. The third kappa shape index (κ3) is 2.52. The molecule has 2 saturated heterocycles. The maximum absolute atomic E-state index is 13.0. The van der Waals surface area contributed by atoms with Crippen molar-refractivity contribution in [2.24, 2.45) is 0 Å². The van der Waals surface area contributed by atoms with Gasteiger partial charge in [0.15, 0.2) is 0 Å². The van der Waals surface area contributed by atoms with Gasteiger partial charge >= 0.3 is 0 Å². The van der Waals surface area contributed by atoms with Crippen molar-refractivity contribution in [2.75, 3.05) is 20.1 Å². The van der Waals surface area contributed by atoms with Crippen molar-refractivity contribution in [3.05, 3.63) is 17.1 Å². The van der Waals surface area contributed by atoms with Crippen LogP contribution in [0.4, 0.5) is 0 Å². The van der Waals surface area contributed by atoms with Crippen molar-refractivity contribution < 1.29 is 17.6 Å². The molecule has 1 aromatic rings. The van der Waals surface area contributed by atoms with E-state index in [1.54, 1.807) is 18.3 Å². The van der Waals surface area contributed by atoms with Crippen LogP contribution in [-0.4, -0.2) is 45.1 Å². The Morgan fingerprint density at radius 2 is 1.81 bits per heavy atom. The summed E-state index contributed by atoms with van der Waals surface area (Å²) in [5.41, 5.74) is 0.730. The fourth-order valence-corrected chi connectivity index (χ4v) is 5.25. The molecule has 2 aliphatic heterocycles. The number of sulfonamides is 1. The number of ether oxygens (including phenoxy) is 1. The monoisotopic (exact) mass is 314 g/mol. The van der Waals surface area contributed by atoms with Gasteiger partial charge in [-0.3, -0.25) is 0 Å². The highest BCUT2D eigenvalue weighted by atomic mass is 32.2. The number of rotatable bonds is 4. The number of morpholine rings is 1. The van der Waals surface area contributed by atoms with E-state index in [9.17, 15) is 8.42 Å². The van der Waals surface area contributed by atoms with Gasteiger partial charge in [-0.05, 0) is 33.7 Å². The lowest BCUT2D eigenvalue weighted by Crippen LogP contribution is -2.46. The highest BCUT2D eigenvalue weighted by molar-refractivity contribution is 7.89. The highest BCUT2D eigenvalue weighted by Gasteiger charge is 2.41. The fraction of sp³-hybridized carbons (Fsp3) is 0.714. The molecule has 2 aliphatic rings. The molecule has 1 aromatic heterocycles. The number of hydrogen-bond donors (Lipinski definition) is 1. The molecular weight excluding hydrogens is 292 g/mol. The zero-order valence-corrected chi connectivity index (χ0v) is 13.5. The van der Waals surface area contributed by atoms with E-state index in [4.69, 9.17) is 9.15 Å². The van der Waals surface area contributed by atoms with Crippen LogP contribution < -0.4 is 5.32 Å². The minimum absolute atomic E-state index is 0.0413. The zero-order chi connectivity index (χ0) is 15.2. The Bertz CT molecular complexity index is 626. The summed E-state index contributed by atoms with van der Waals surface area (Å²) < 4.78 is 38.9. The zero-order valence-electron chi connectivity index (χ0n) is 12.7. The smallest absolute Gasteiger partial charge is 0.247 e. The van der Waals surface area contributed by atoms with Gasteiger partial charge in [-0.25, -0.2) is 8.42 Å². The number of furan rings is 1. The summed E-state index contributed by atoms with van der Waals surface area (Å²) in [5.74, 6) is 1.13. The normalized spacial score (nSPS) is 26.4. The average Bonchev–Trinajstić information content (AvgIpc) is 2.90. The number of fused-ring (bicyclic) bond motifs is 2. The predicted molar refractivity (Wildman–Crippen MR) is 77.6 cm³/mol. The van der Waals surface area contributed by atoms with Crippen molar-refractivity contribution in [1.29, 1.82) is 0 Å². The molecule has 2 fully saturated rings. The largest absolute Gasteiger partial charge is 0.465 e. The summed E-state index contributed by atoms with van der Waals surface area (Å²) in [6.45, 7) is 4.90. The van der Waals surface area contributed by atoms with Gasteiger partial charge in [-0.1, -0.05) is 0 Å². The number of aryl methyl sites for hydroxylation is 2. The second-order valence-corrected chi connectivity index (χ2v) is 7.71. The van der Waals surface area contributed by atoms with Gasteiger partial charge in [0.25, 0.3) is 0 Å². The van der Waals surface area contributed by atoms with E-state index in [2.05, 4.69) is 5.32 Å². The lowest BCUT2D eigenvalue weighted by atomic mass is 10.2. The van der Waals surface area contributed by atoms with Crippen molar-refractivity contribution >= 4 is 10.0 Å². The second kappa shape index (κ2) is 5.39. The molecule has 0 aromatic carbocycles. The Labute approximate surface area is 125 Å². The topological polar surface area (TPSA) is 71.8 Å². The van der Waals surface area contributed by atoms with Gasteiger partial charge in [0.1, 0.15) is 16.4 Å². The fourth-order valence-electron chi connectivity index (χ4n) is 3.33. The maximum atomic E-state index is 13.0. The molecule has 6 nitrogen and oxygen atoms in total. The molecule has 0 radical (unpaired) electrons. The van der Waals surface area contributed by atoms with Gasteiger partial charge in [-0.15, -0.1) is 0 Å². The van der Waals surface area contributed by atoms with Gasteiger partial charge in [0, 0.05) is 25.2 Å². The Balaban J connectivity index is 1.98. The van der Waals surface area contributed by atoms with Crippen LogP contribution >= 0.6 is 0 Å².